The van der Waals surface area contributed by atoms with Crippen LogP contribution in [0.4, 0.5) is 23.7 Å². The molecule has 110 valence electrons. The lowest BCUT2D eigenvalue weighted by molar-refractivity contribution is -0.137. The van der Waals surface area contributed by atoms with Gasteiger partial charge in [0, 0.05) is 11.9 Å². The van der Waals surface area contributed by atoms with Crippen molar-refractivity contribution in [2.24, 2.45) is 0 Å². The van der Waals surface area contributed by atoms with Crippen LogP contribution in [0, 0.1) is 11.3 Å². The largest absolute Gasteiger partial charge is 0.465 e. The molecule has 0 radical (unpaired) electrons. The van der Waals surface area contributed by atoms with Crippen LogP contribution >= 0.6 is 0 Å². The number of amides is 2. The molecule has 0 bridgehead atoms. The summed E-state index contributed by atoms with van der Waals surface area (Å²) < 4.78 is 37.4. The van der Waals surface area contributed by atoms with Gasteiger partial charge in [-0.25, -0.2) is 4.79 Å². The minimum Gasteiger partial charge on any atom is -0.465 e. The van der Waals surface area contributed by atoms with Gasteiger partial charge in [-0.3, -0.25) is 10.1 Å². The highest BCUT2D eigenvalue weighted by molar-refractivity contribution is 6.04. The van der Waals surface area contributed by atoms with E-state index in [9.17, 15) is 22.8 Å². The minimum atomic E-state index is -4.53. The molecule has 0 aromatic heterocycles. The Morgan fingerprint density at radius 2 is 2.00 bits per heavy atom. The van der Waals surface area contributed by atoms with Crippen molar-refractivity contribution >= 4 is 17.7 Å². The quantitative estimate of drug-likeness (QED) is 0.587. The number of alkyl halides is 3. The number of rotatable bonds is 3. The van der Waals surface area contributed by atoms with Gasteiger partial charge in [-0.15, -0.1) is 0 Å². The molecule has 2 amide bonds. The molecular weight excluding hydrogens is 291 g/mol. The fourth-order valence-electron chi connectivity index (χ4n) is 1.25. The Morgan fingerprint density at radius 3 is 2.52 bits per heavy atom. The fraction of sp³-hybridized carbons (Fsp3) is 0.0833. The van der Waals surface area contributed by atoms with Crippen molar-refractivity contribution in [1.29, 1.82) is 5.26 Å². The molecule has 9 heteroatoms. The molecule has 1 aromatic rings. The Morgan fingerprint density at radius 1 is 1.33 bits per heavy atom. The monoisotopic (exact) mass is 299 g/mol. The van der Waals surface area contributed by atoms with Crippen LogP contribution in [0.5, 0.6) is 0 Å². The average Bonchev–Trinajstić information content (AvgIpc) is 2.38. The Labute approximate surface area is 116 Å². The molecule has 0 heterocycles. The molecule has 0 aliphatic carbocycles. The van der Waals surface area contributed by atoms with Gasteiger partial charge in [-0.05, 0) is 18.2 Å². The summed E-state index contributed by atoms with van der Waals surface area (Å²) in [7, 11) is 0. The Hall–Kier alpha value is -3.02. The van der Waals surface area contributed by atoms with Crippen molar-refractivity contribution < 1.29 is 27.9 Å². The highest BCUT2D eigenvalue weighted by Crippen LogP contribution is 2.30. The third kappa shape index (κ3) is 4.87. The standard InChI is InChI=1S/C12H8F3N3O3/c13-12(14,15)8-2-1-3-9(4-8)17-6-7(5-16)10(19)18-11(20)21/h1-4,6,17H,(H,18,19)(H,20,21). The number of benzene rings is 1. The predicted octanol–water partition coefficient (Wildman–Crippen LogP) is 2.32. The molecule has 0 aliphatic rings. The van der Waals surface area contributed by atoms with Gasteiger partial charge in [0.05, 0.1) is 5.56 Å². The van der Waals surface area contributed by atoms with E-state index in [0.717, 1.165) is 24.4 Å². The third-order valence-electron chi connectivity index (χ3n) is 2.16. The van der Waals surface area contributed by atoms with Crippen LogP contribution in [0.2, 0.25) is 0 Å². The molecule has 0 spiro atoms. The fourth-order valence-corrected chi connectivity index (χ4v) is 1.25. The number of nitrogens with one attached hydrogen (secondary N) is 2. The van der Waals surface area contributed by atoms with E-state index in [1.54, 1.807) is 0 Å². The molecular formula is C12H8F3N3O3. The molecule has 0 unspecified atom stereocenters. The maximum absolute atomic E-state index is 12.5. The van der Waals surface area contributed by atoms with Crippen LogP contribution in [0.1, 0.15) is 5.56 Å². The Bertz CT molecular complexity index is 633. The van der Waals surface area contributed by atoms with Gasteiger partial charge in [-0.1, -0.05) is 6.07 Å². The first-order valence-corrected chi connectivity index (χ1v) is 5.32. The minimum absolute atomic E-state index is 0.0132. The topological polar surface area (TPSA) is 102 Å². The normalized spacial score (nSPS) is 11.4. The van der Waals surface area contributed by atoms with E-state index < -0.39 is 29.3 Å². The number of hydrogen-bond acceptors (Lipinski definition) is 4. The van der Waals surface area contributed by atoms with Gasteiger partial charge < -0.3 is 10.4 Å². The van der Waals surface area contributed by atoms with Crippen molar-refractivity contribution in [3.8, 4) is 6.07 Å². The highest BCUT2D eigenvalue weighted by Gasteiger charge is 2.30. The number of nitrogens with zero attached hydrogens (tertiary/aromatic N) is 1. The number of carbonyl (C=O) groups excluding carboxylic acids is 1. The maximum atomic E-state index is 12.5. The molecule has 0 aliphatic heterocycles. The number of carboxylic acid groups (broad SMARTS) is 1. The van der Waals surface area contributed by atoms with Crippen molar-refractivity contribution in [2.45, 2.75) is 6.18 Å². The van der Waals surface area contributed by atoms with Crippen molar-refractivity contribution in [1.82, 2.24) is 5.32 Å². The first-order valence-electron chi connectivity index (χ1n) is 5.32. The van der Waals surface area contributed by atoms with E-state index in [1.807, 2.05) is 0 Å². The summed E-state index contributed by atoms with van der Waals surface area (Å²) in [6, 6.07) is 5.49. The summed E-state index contributed by atoms with van der Waals surface area (Å²) in [4.78, 5) is 21.5. The molecule has 21 heavy (non-hydrogen) atoms. The van der Waals surface area contributed by atoms with Gasteiger partial charge in [0.2, 0.25) is 0 Å². The molecule has 6 nitrogen and oxygen atoms in total. The number of halogens is 3. The second-order valence-corrected chi connectivity index (χ2v) is 3.65. The van der Waals surface area contributed by atoms with Crippen LogP contribution in [0.25, 0.3) is 0 Å². The van der Waals surface area contributed by atoms with E-state index >= 15 is 0 Å². The first kappa shape index (κ1) is 16.0. The maximum Gasteiger partial charge on any atom is 0.416 e. The molecule has 1 rings (SSSR count). The van der Waals surface area contributed by atoms with E-state index in [2.05, 4.69) is 5.32 Å². The lowest BCUT2D eigenvalue weighted by atomic mass is 10.2. The third-order valence-corrected chi connectivity index (χ3v) is 2.16. The SMILES string of the molecule is N#CC(=CNc1cccc(C(F)(F)F)c1)C(=O)NC(=O)O. The Balaban J connectivity index is 2.90. The van der Waals surface area contributed by atoms with Crippen LogP contribution in [-0.2, 0) is 11.0 Å². The molecule has 0 saturated carbocycles. The van der Waals surface area contributed by atoms with E-state index in [4.69, 9.17) is 10.4 Å². The summed E-state index contributed by atoms with van der Waals surface area (Å²) in [5.74, 6) is -1.19. The summed E-state index contributed by atoms with van der Waals surface area (Å²) in [5.41, 5.74) is -1.52. The summed E-state index contributed by atoms with van der Waals surface area (Å²) in [6.45, 7) is 0. The number of nitriles is 1. The van der Waals surface area contributed by atoms with E-state index in [1.165, 1.54) is 17.5 Å². The van der Waals surface area contributed by atoms with E-state index in [0.29, 0.717) is 0 Å². The van der Waals surface area contributed by atoms with Gasteiger partial charge >= 0.3 is 12.3 Å². The van der Waals surface area contributed by atoms with Gasteiger partial charge in [0.1, 0.15) is 11.6 Å². The summed E-state index contributed by atoms with van der Waals surface area (Å²) >= 11 is 0. The lowest BCUT2D eigenvalue weighted by Gasteiger charge is -2.08. The summed E-state index contributed by atoms with van der Waals surface area (Å²) in [5, 5.41) is 20.8. The van der Waals surface area contributed by atoms with Crippen LogP contribution in [0.3, 0.4) is 0 Å². The average molecular weight is 299 g/mol. The Kier molecular flexibility index (Phi) is 4.91. The highest BCUT2D eigenvalue weighted by atomic mass is 19.4. The molecule has 3 N–H and O–H groups in total. The van der Waals surface area contributed by atoms with Crippen molar-refractivity contribution in [2.75, 3.05) is 5.32 Å². The van der Waals surface area contributed by atoms with E-state index in [-0.39, 0.29) is 5.69 Å². The molecule has 1 aromatic carbocycles. The first-order chi connectivity index (χ1) is 9.74. The number of hydrogen-bond donors (Lipinski definition) is 3. The predicted molar refractivity (Wildman–Crippen MR) is 64.9 cm³/mol. The van der Waals surface area contributed by atoms with Crippen LogP contribution < -0.4 is 10.6 Å². The van der Waals surface area contributed by atoms with Crippen molar-refractivity contribution in [3.05, 3.63) is 41.6 Å². The smallest absolute Gasteiger partial charge is 0.416 e. The van der Waals surface area contributed by atoms with Crippen LogP contribution in [0.15, 0.2) is 36.0 Å². The second kappa shape index (κ2) is 6.42. The van der Waals surface area contributed by atoms with Crippen molar-refractivity contribution in [3.63, 3.8) is 0 Å². The van der Waals surface area contributed by atoms with Gasteiger partial charge in [0.15, 0.2) is 0 Å². The van der Waals surface area contributed by atoms with Crippen LogP contribution in [-0.4, -0.2) is 17.1 Å². The zero-order chi connectivity index (χ0) is 16.0. The van der Waals surface area contributed by atoms with Gasteiger partial charge in [-0.2, -0.15) is 18.4 Å². The number of anilines is 1. The zero-order valence-electron chi connectivity index (χ0n) is 10.2. The summed E-state index contributed by atoms with van der Waals surface area (Å²) in [6.07, 6.45) is -5.37. The molecule has 0 atom stereocenters. The zero-order valence-corrected chi connectivity index (χ0v) is 10.2. The van der Waals surface area contributed by atoms with Gasteiger partial charge in [0.25, 0.3) is 5.91 Å². The second-order valence-electron chi connectivity index (χ2n) is 3.65. The lowest BCUT2D eigenvalue weighted by Crippen LogP contribution is -2.29. The number of imide groups is 1. The molecule has 0 fully saturated rings. The molecule has 0 saturated heterocycles. The number of carbonyl (C=O) groups is 2.